The molecule has 6 heteroatoms. The largest absolute Gasteiger partial charge is 0.393 e. The molecular weight excluding hydrogens is 264 g/mol. The van der Waals surface area contributed by atoms with Gasteiger partial charge in [0.15, 0.2) is 0 Å². The Labute approximate surface area is 109 Å². The zero-order valence-electron chi connectivity index (χ0n) is 8.40. The number of anilines is 1. The maximum Gasteiger partial charge on any atom is 0.234 e. The molecule has 86 valence electrons. The van der Waals surface area contributed by atoms with Gasteiger partial charge in [0.25, 0.3) is 0 Å². The number of halogens is 1. The molecule has 3 N–H and O–H groups in total. The van der Waals surface area contributed by atoms with Crippen LogP contribution in [0, 0.1) is 0 Å². The summed E-state index contributed by atoms with van der Waals surface area (Å²) >= 11 is 11.8. The number of nitrogens with two attached hydrogens (primary N) is 1. The highest BCUT2D eigenvalue weighted by Gasteiger charge is 2.02. The number of hydrogen-bond donors (Lipinski definition) is 2. The van der Waals surface area contributed by atoms with E-state index in [1.54, 1.807) is 24.3 Å². The van der Waals surface area contributed by atoms with Crippen LogP contribution >= 0.6 is 35.6 Å². The van der Waals surface area contributed by atoms with E-state index < -0.39 is 0 Å². The third kappa shape index (κ3) is 5.34. The number of hydrogen-bond acceptors (Lipinski definition) is 3. The molecular formula is C10H11ClN2OS2. The van der Waals surface area contributed by atoms with Crippen molar-refractivity contribution >= 4 is 52.2 Å². The summed E-state index contributed by atoms with van der Waals surface area (Å²) in [5, 5.41) is 3.38. The molecule has 1 rings (SSSR count). The first-order chi connectivity index (χ1) is 7.58. The molecule has 0 aromatic heterocycles. The van der Waals surface area contributed by atoms with Crippen molar-refractivity contribution < 1.29 is 4.79 Å². The van der Waals surface area contributed by atoms with E-state index in [0.29, 0.717) is 21.5 Å². The monoisotopic (exact) mass is 274 g/mol. The molecule has 0 atom stereocenters. The second-order valence-electron chi connectivity index (χ2n) is 3.01. The summed E-state index contributed by atoms with van der Waals surface area (Å²) in [6, 6.07) is 6.94. The maximum absolute atomic E-state index is 11.4. The maximum atomic E-state index is 11.4. The summed E-state index contributed by atoms with van der Waals surface area (Å²) in [5.74, 6) is 0.771. The van der Waals surface area contributed by atoms with Gasteiger partial charge in [-0.15, -0.1) is 11.8 Å². The normalized spacial score (nSPS) is 9.81. The number of carbonyl (C=O) groups is 1. The Bertz CT molecular complexity index is 381. The zero-order chi connectivity index (χ0) is 12.0. The summed E-state index contributed by atoms with van der Waals surface area (Å²) in [6.07, 6.45) is 0. The van der Waals surface area contributed by atoms with Gasteiger partial charge in [-0.2, -0.15) is 0 Å². The standard InChI is InChI=1S/C10H11ClN2OS2/c11-7-1-3-8(4-2-7)13-10(14)6-16-5-9(12)15/h1-4H,5-6H2,(H2,12,15)(H,13,14). The fourth-order valence-electron chi connectivity index (χ4n) is 0.975. The lowest BCUT2D eigenvalue weighted by atomic mass is 10.3. The predicted molar refractivity (Wildman–Crippen MR) is 74.2 cm³/mol. The van der Waals surface area contributed by atoms with E-state index in [0.717, 1.165) is 5.69 Å². The quantitative estimate of drug-likeness (QED) is 0.809. The van der Waals surface area contributed by atoms with Crippen molar-refractivity contribution in [2.45, 2.75) is 0 Å². The highest BCUT2D eigenvalue weighted by atomic mass is 35.5. The molecule has 0 spiro atoms. The minimum Gasteiger partial charge on any atom is -0.393 e. The Morgan fingerprint density at radius 2 is 2.00 bits per heavy atom. The molecule has 0 bridgehead atoms. The number of benzene rings is 1. The summed E-state index contributed by atoms with van der Waals surface area (Å²) in [5.41, 5.74) is 6.04. The lowest BCUT2D eigenvalue weighted by Gasteiger charge is -2.04. The van der Waals surface area contributed by atoms with Gasteiger partial charge in [0.05, 0.1) is 10.7 Å². The Morgan fingerprint density at radius 1 is 1.38 bits per heavy atom. The highest BCUT2D eigenvalue weighted by Crippen LogP contribution is 2.13. The first-order valence-corrected chi connectivity index (χ1v) is 6.43. The van der Waals surface area contributed by atoms with Crippen molar-refractivity contribution in [3.8, 4) is 0 Å². The van der Waals surface area contributed by atoms with Gasteiger partial charge in [0, 0.05) is 16.5 Å². The minimum atomic E-state index is -0.0800. The van der Waals surface area contributed by atoms with Crippen molar-refractivity contribution in [1.29, 1.82) is 0 Å². The van der Waals surface area contributed by atoms with Gasteiger partial charge < -0.3 is 11.1 Å². The number of rotatable bonds is 5. The average molecular weight is 275 g/mol. The van der Waals surface area contributed by atoms with Crippen LogP contribution in [0.5, 0.6) is 0 Å². The lowest BCUT2D eigenvalue weighted by molar-refractivity contribution is -0.113. The molecule has 0 saturated carbocycles. The summed E-state index contributed by atoms with van der Waals surface area (Å²) in [6.45, 7) is 0. The smallest absolute Gasteiger partial charge is 0.234 e. The molecule has 0 aliphatic carbocycles. The number of amides is 1. The Kier molecular flexibility index (Phi) is 5.59. The molecule has 3 nitrogen and oxygen atoms in total. The molecule has 1 aromatic rings. The van der Waals surface area contributed by atoms with Crippen LogP contribution in [0.3, 0.4) is 0 Å². The number of thioether (sulfide) groups is 1. The van der Waals surface area contributed by atoms with E-state index in [9.17, 15) is 4.79 Å². The summed E-state index contributed by atoms with van der Waals surface area (Å²) in [7, 11) is 0. The summed E-state index contributed by atoms with van der Waals surface area (Å²) < 4.78 is 0. The molecule has 1 amide bonds. The van der Waals surface area contributed by atoms with E-state index >= 15 is 0 Å². The van der Waals surface area contributed by atoms with Crippen LogP contribution in [0.1, 0.15) is 0 Å². The van der Waals surface area contributed by atoms with Gasteiger partial charge in [0.1, 0.15) is 0 Å². The molecule has 0 saturated heterocycles. The van der Waals surface area contributed by atoms with Gasteiger partial charge in [-0.1, -0.05) is 23.8 Å². The molecule has 0 unspecified atom stereocenters. The van der Waals surface area contributed by atoms with E-state index in [1.807, 2.05) is 0 Å². The molecule has 0 aliphatic heterocycles. The van der Waals surface area contributed by atoms with Gasteiger partial charge in [-0.05, 0) is 24.3 Å². The van der Waals surface area contributed by atoms with Gasteiger partial charge in [-0.3, -0.25) is 4.79 Å². The summed E-state index contributed by atoms with van der Waals surface area (Å²) in [4.78, 5) is 11.8. The molecule has 0 heterocycles. The van der Waals surface area contributed by atoms with Crippen LogP contribution in [0.4, 0.5) is 5.69 Å². The van der Waals surface area contributed by atoms with Gasteiger partial charge in [-0.25, -0.2) is 0 Å². The third-order valence-corrected chi connectivity index (χ3v) is 3.17. The number of thiocarbonyl (C=S) groups is 1. The van der Waals surface area contributed by atoms with Crippen LogP contribution in [-0.4, -0.2) is 22.4 Å². The van der Waals surface area contributed by atoms with E-state index in [1.165, 1.54) is 11.8 Å². The van der Waals surface area contributed by atoms with Gasteiger partial charge >= 0.3 is 0 Å². The highest BCUT2D eigenvalue weighted by molar-refractivity contribution is 8.01. The van der Waals surface area contributed by atoms with Crippen molar-refractivity contribution in [2.24, 2.45) is 5.73 Å². The van der Waals surface area contributed by atoms with Crippen molar-refractivity contribution in [3.05, 3.63) is 29.3 Å². The van der Waals surface area contributed by atoms with Crippen molar-refractivity contribution in [1.82, 2.24) is 0 Å². The molecule has 1 aromatic carbocycles. The van der Waals surface area contributed by atoms with Crippen LogP contribution < -0.4 is 11.1 Å². The first-order valence-electron chi connectivity index (χ1n) is 4.49. The Morgan fingerprint density at radius 3 is 2.56 bits per heavy atom. The van der Waals surface area contributed by atoms with Crippen LogP contribution in [0.25, 0.3) is 0 Å². The van der Waals surface area contributed by atoms with Crippen molar-refractivity contribution in [2.75, 3.05) is 16.8 Å². The predicted octanol–water partition coefficient (Wildman–Crippen LogP) is 2.30. The SMILES string of the molecule is NC(=S)CSCC(=O)Nc1ccc(Cl)cc1. The third-order valence-electron chi connectivity index (χ3n) is 1.61. The zero-order valence-corrected chi connectivity index (χ0v) is 10.8. The second-order valence-corrected chi connectivity index (χ2v) is 4.96. The number of nitrogens with one attached hydrogen (secondary N) is 1. The number of carbonyl (C=O) groups excluding carboxylic acids is 1. The fourth-order valence-corrected chi connectivity index (χ4v) is 1.91. The van der Waals surface area contributed by atoms with E-state index in [4.69, 9.17) is 29.6 Å². The van der Waals surface area contributed by atoms with E-state index in [-0.39, 0.29) is 5.91 Å². The van der Waals surface area contributed by atoms with Crippen LogP contribution in [0.15, 0.2) is 24.3 Å². The lowest BCUT2D eigenvalue weighted by Crippen LogP contribution is -2.17. The molecule has 0 aliphatic rings. The second kappa shape index (κ2) is 6.73. The topological polar surface area (TPSA) is 55.1 Å². The first kappa shape index (κ1) is 13.3. The molecule has 0 fully saturated rings. The van der Waals surface area contributed by atoms with Crippen LogP contribution in [0.2, 0.25) is 5.02 Å². The van der Waals surface area contributed by atoms with Crippen molar-refractivity contribution in [3.63, 3.8) is 0 Å². The van der Waals surface area contributed by atoms with Gasteiger partial charge in [0.2, 0.25) is 5.91 Å². The Hall–Kier alpha value is -0.780. The fraction of sp³-hybridized carbons (Fsp3) is 0.200. The van der Waals surface area contributed by atoms with Crippen LogP contribution in [-0.2, 0) is 4.79 Å². The average Bonchev–Trinajstić information content (AvgIpc) is 2.21. The minimum absolute atomic E-state index is 0.0800. The Balaban J connectivity index is 2.34. The molecule has 16 heavy (non-hydrogen) atoms. The molecule has 0 radical (unpaired) electrons. The van der Waals surface area contributed by atoms with E-state index in [2.05, 4.69) is 5.32 Å².